The third-order valence-corrected chi connectivity index (χ3v) is 4.35. The highest BCUT2D eigenvalue weighted by molar-refractivity contribution is 6.00. The van der Waals surface area contributed by atoms with Gasteiger partial charge in [0.1, 0.15) is 0 Å². The second kappa shape index (κ2) is 5.55. The first-order valence-electron chi connectivity index (χ1n) is 7.01. The van der Waals surface area contributed by atoms with Crippen molar-refractivity contribution in [1.82, 2.24) is 4.90 Å². The van der Waals surface area contributed by atoms with Crippen LogP contribution in [-0.2, 0) is 16.1 Å². The number of likely N-dealkylation sites (tertiary alicyclic amines) is 1. The Hall–Kier alpha value is -1.64. The zero-order valence-electron chi connectivity index (χ0n) is 11.7. The topological polar surface area (TPSA) is 37.4 Å². The fourth-order valence-electron chi connectivity index (χ4n) is 2.82. The van der Waals surface area contributed by atoms with Crippen LogP contribution >= 0.6 is 0 Å². The molecule has 0 aromatic heterocycles. The Morgan fingerprint density at radius 2 is 1.74 bits per heavy atom. The molecule has 3 heteroatoms. The van der Waals surface area contributed by atoms with E-state index in [-0.39, 0.29) is 17.2 Å². The van der Waals surface area contributed by atoms with E-state index in [1.54, 1.807) is 0 Å². The number of rotatable bonds is 4. The molecule has 1 aliphatic heterocycles. The summed E-state index contributed by atoms with van der Waals surface area (Å²) in [5.41, 5.74) is 0.676. The summed E-state index contributed by atoms with van der Waals surface area (Å²) in [5.74, 6) is -0.0241. The molecular formula is C16H21NO2. The molecule has 1 aliphatic rings. The molecule has 1 aromatic carbocycles. The van der Waals surface area contributed by atoms with Gasteiger partial charge < -0.3 is 0 Å². The van der Waals surface area contributed by atoms with Gasteiger partial charge >= 0.3 is 0 Å². The van der Waals surface area contributed by atoms with Crippen molar-refractivity contribution in [2.45, 2.75) is 46.1 Å². The Morgan fingerprint density at radius 1 is 1.11 bits per heavy atom. The zero-order valence-corrected chi connectivity index (χ0v) is 11.7. The molecule has 2 rings (SSSR count). The highest BCUT2D eigenvalue weighted by Crippen LogP contribution is 2.38. The van der Waals surface area contributed by atoms with Crippen LogP contribution in [0.2, 0.25) is 0 Å². The summed E-state index contributed by atoms with van der Waals surface area (Å²) in [6.45, 7) is 4.48. The van der Waals surface area contributed by atoms with Crippen molar-refractivity contribution in [2.24, 2.45) is 5.41 Å². The number of carbonyl (C=O) groups excluding carboxylic acids is 2. The van der Waals surface area contributed by atoms with E-state index in [0.29, 0.717) is 19.4 Å². The van der Waals surface area contributed by atoms with E-state index in [2.05, 4.69) is 0 Å². The Morgan fingerprint density at radius 3 is 2.32 bits per heavy atom. The Bertz CT molecular complexity index is 463. The predicted molar refractivity (Wildman–Crippen MR) is 74.2 cm³/mol. The standard InChI is InChI=1S/C16H21NO2/c1-3-16(4-2)11-10-14(18)17(15(16)19)12-13-8-6-5-7-9-13/h5-9H,3-4,10-12H2,1-2H3. The van der Waals surface area contributed by atoms with Crippen LogP contribution in [0.15, 0.2) is 30.3 Å². The summed E-state index contributed by atoms with van der Waals surface area (Å²) >= 11 is 0. The van der Waals surface area contributed by atoms with Gasteiger partial charge in [0.2, 0.25) is 11.8 Å². The van der Waals surface area contributed by atoms with E-state index in [4.69, 9.17) is 0 Å². The molecule has 0 atom stereocenters. The minimum Gasteiger partial charge on any atom is -0.278 e. The molecule has 0 unspecified atom stereocenters. The predicted octanol–water partition coefficient (Wildman–Crippen LogP) is 3.14. The summed E-state index contributed by atoms with van der Waals surface area (Å²) in [6, 6.07) is 9.71. The second-order valence-corrected chi connectivity index (χ2v) is 5.26. The molecule has 0 aliphatic carbocycles. The summed E-state index contributed by atoms with van der Waals surface area (Å²) in [5, 5.41) is 0. The fraction of sp³-hybridized carbons (Fsp3) is 0.500. The first-order chi connectivity index (χ1) is 9.13. The number of nitrogens with zero attached hydrogens (tertiary/aromatic N) is 1. The lowest BCUT2D eigenvalue weighted by Crippen LogP contribution is -2.50. The first kappa shape index (κ1) is 13.8. The summed E-state index contributed by atoms with van der Waals surface area (Å²) in [4.78, 5) is 26.1. The number of hydrogen-bond donors (Lipinski definition) is 0. The minimum atomic E-state index is -0.331. The van der Waals surface area contributed by atoms with Gasteiger partial charge in [-0.3, -0.25) is 14.5 Å². The molecule has 0 spiro atoms. The maximum Gasteiger partial charge on any atom is 0.235 e. The quantitative estimate of drug-likeness (QED) is 0.779. The van der Waals surface area contributed by atoms with Crippen LogP contribution in [0.4, 0.5) is 0 Å². The maximum atomic E-state index is 12.6. The van der Waals surface area contributed by atoms with E-state index in [1.165, 1.54) is 4.90 Å². The number of carbonyl (C=O) groups is 2. The van der Waals surface area contributed by atoms with Crippen LogP contribution in [0.1, 0.15) is 45.1 Å². The van der Waals surface area contributed by atoms with Gasteiger partial charge in [0.05, 0.1) is 6.54 Å². The molecule has 0 N–H and O–H groups in total. The Labute approximate surface area is 114 Å². The van der Waals surface area contributed by atoms with Gasteiger partial charge in [0, 0.05) is 11.8 Å². The molecule has 1 fully saturated rings. The van der Waals surface area contributed by atoms with Gasteiger partial charge in [0.15, 0.2) is 0 Å². The van der Waals surface area contributed by atoms with E-state index < -0.39 is 0 Å². The summed E-state index contributed by atoms with van der Waals surface area (Å²) in [7, 11) is 0. The molecule has 0 radical (unpaired) electrons. The van der Waals surface area contributed by atoms with Crippen molar-refractivity contribution in [3.63, 3.8) is 0 Å². The van der Waals surface area contributed by atoms with Crippen molar-refractivity contribution in [3.8, 4) is 0 Å². The molecule has 0 saturated carbocycles. The van der Waals surface area contributed by atoms with Crippen molar-refractivity contribution in [3.05, 3.63) is 35.9 Å². The maximum absolute atomic E-state index is 12.6. The van der Waals surface area contributed by atoms with Crippen LogP contribution in [0.25, 0.3) is 0 Å². The molecule has 1 heterocycles. The Balaban J connectivity index is 2.22. The van der Waals surface area contributed by atoms with Gasteiger partial charge in [-0.2, -0.15) is 0 Å². The van der Waals surface area contributed by atoms with E-state index >= 15 is 0 Å². The molecule has 2 amide bonds. The number of benzene rings is 1. The van der Waals surface area contributed by atoms with Gasteiger partial charge in [-0.15, -0.1) is 0 Å². The smallest absolute Gasteiger partial charge is 0.235 e. The molecule has 102 valence electrons. The average molecular weight is 259 g/mol. The normalized spacial score (nSPS) is 18.7. The number of hydrogen-bond acceptors (Lipinski definition) is 2. The fourth-order valence-corrected chi connectivity index (χ4v) is 2.82. The lowest BCUT2D eigenvalue weighted by atomic mass is 9.74. The van der Waals surface area contributed by atoms with Crippen molar-refractivity contribution >= 4 is 11.8 Å². The third-order valence-electron chi connectivity index (χ3n) is 4.35. The molecular weight excluding hydrogens is 238 g/mol. The van der Waals surface area contributed by atoms with E-state index in [0.717, 1.165) is 18.4 Å². The van der Waals surface area contributed by atoms with Crippen LogP contribution in [-0.4, -0.2) is 16.7 Å². The average Bonchev–Trinajstić information content (AvgIpc) is 2.46. The number of amides is 2. The van der Waals surface area contributed by atoms with Crippen molar-refractivity contribution < 1.29 is 9.59 Å². The zero-order chi connectivity index (χ0) is 13.9. The minimum absolute atomic E-state index is 0.0117. The van der Waals surface area contributed by atoms with Crippen molar-refractivity contribution in [2.75, 3.05) is 0 Å². The second-order valence-electron chi connectivity index (χ2n) is 5.26. The first-order valence-corrected chi connectivity index (χ1v) is 7.01. The van der Waals surface area contributed by atoms with E-state index in [9.17, 15) is 9.59 Å². The lowest BCUT2D eigenvalue weighted by Gasteiger charge is -2.39. The van der Waals surface area contributed by atoms with Crippen LogP contribution in [0.5, 0.6) is 0 Å². The molecule has 19 heavy (non-hydrogen) atoms. The molecule has 3 nitrogen and oxygen atoms in total. The van der Waals surface area contributed by atoms with Crippen molar-refractivity contribution in [1.29, 1.82) is 0 Å². The SMILES string of the molecule is CCC1(CC)CCC(=O)N(Cc2ccccc2)C1=O. The van der Waals surface area contributed by atoms with E-state index in [1.807, 2.05) is 44.2 Å². The summed E-state index contributed by atoms with van der Waals surface area (Å²) < 4.78 is 0. The third kappa shape index (κ3) is 2.55. The van der Waals surface area contributed by atoms with Crippen LogP contribution < -0.4 is 0 Å². The highest BCUT2D eigenvalue weighted by atomic mass is 16.2. The van der Waals surface area contributed by atoms with Crippen LogP contribution in [0.3, 0.4) is 0 Å². The van der Waals surface area contributed by atoms with Gasteiger partial charge in [-0.05, 0) is 24.8 Å². The number of imide groups is 1. The molecule has 0 bridgehead atoms. The van der Waals surface area contributed by atoms with Crippen LogP contribution in [0, 0.1) is 5.41 Å². The summed E-state index contributed by atoms with van der Waals surface area (Å²) in [6.07, 6.45) is 2.80. The van der Waals surface area contributed by atoms with Gasteiger partial charge in [-0.1, -0.05) is 44.2 Å². The monoisotopic (exact) mass is 259 g/mol. The largest absolute Gasteiger partial charge is 0.278 e. The number of piperidine rings is 1. The molecule has 1 aromatic rings. The van der Waals surface area contributed by atoms with Gasteiger partial charge in [-0.25, -0.2) is 0 Å². The lowest BCUT2D eigenvalue weighted by molar-refractivity contribution is -0.159. The Kier molecular flexibility index (Phi) is 4.03. The molecule has 1 saturated heterocycles. The highest BCUT2D eigenvalue weighted by Gasteiger charge is 2.44. The van der Waals surface area contributed by atoms with Gasteiger partial charge in [0.25, 0.3) is 0 Å².